The van der Waals surface area contributed by atoms with Crippen molar-refractivity contribution in [3.63, 3.8) is 0 Å². The van der Waals surface area contributed by atoms with Crippen LogP contribution in [0.2, 0.25) is 0 Å². The standard InChI is InChI=1S/C25H29FN4O2/c1-4-24(31)30-12-11-29(15-18(30)3)16-21(20-6-5-17(2)23(26)13-20)14-28-22-9-7-19(8-10-22)25(27)32/h4-10,13,21H,1,11-12,14-16H2,2-3H3,(H2-,27,28,32)/p+1/t21-/m0/s1. The van der Waals surface area contributed by atoms with Crippen LogP contribution in [0.1, 0.15) is 34.3 Å². The van der Waals surface area contributed by atoms with Gasteiger partial charge in [0.1, 0.15) is 5.82 Å². The molecule has 1 heterocycles. The summed E-state index contributed by atoms with van der Waals surface area (Å²) in [7, 11) is 0. The topological polar surface area (TPSA) is 78.4 Å². The summed E-state index contributed by atoms with van der Waals surface area (Å²) in [6, 6.07) is 12.4. The Balaban J connectivity index is 1.76. The zero-order chi connectivity index (χ0) is 23.3. The Kier molecular flexibility index (Phi) is 7.53. The van der Waals surface area contributed by atoms with E-state index in [0.717, 1.165) is 23.5 Å². The highest BCUT2D eigenvalue weighted by molar-refractivity contribution is 5.93. The Morgan fingerprint density at radius 1 is 1.25 bits per heavy atom. The van der Waals surface area contributed by atoms with E-state index in [-0.39, 0.29) is 17.6 Å². The normalized spacial score (nSPS) is 15.3. The van der Waals surface area contributed by atoms with E-state index in [0.29, 0.717) is 37.3 Å². The number of hydrogen-bond acceptors (Lipinski definition) is 4. The maximum atomic E-state index is 14.3. The zero-order valence-electron chi connectivity index (χ0n) is 18.6. The fraction of sp³-hybridized carbons (Fsp3) is 0.320. The van der Waals surface area contributed by atoms with Gasteiger partial charge in [0, 0.05) is 43.3 Å². The molecule has 168 valence electrons. The molecular weight excluding hydrogens is 407 g/mol. The molecule has 2 aromatic rings. The van der Waals surface area contributed by atoms with Gasteiger partial charge in [0.15, 0.2) is 12.3 Å². The second-order valence-corrected chi connectivity index (χ2v) is 8.19. The number of aryl methyl sites for hydroxylation is 1. The molecule has 1 atom stereocenters. The number of halogens is 1. The van der Waals surface area contributed by atoms with E-state index in [1.807, 2.05) is 25.1 Å². The van der Waals surface area contributed by atoms with Crippen molar-refractivity contribution in [3.8, 4) is 0 Å². The first-order chi connectivity index (χ1) is 15.3. The quantitative estimate of drug-likeness (QED) is 0.492. The third-order valence-corrected chi connectivity index (χ3v) is 5.86. The van der Waals surface area contributed by atoms with Gasteiger partial charge in [0.05, 0.1) is 13.1 Å². The second kappa shape index (κ2) is 10.3. The molecule has 0 fully saturated rings. The van der Waals surface area contributed by atoms with Crippen LogP contribution in [0.4, 0.5) is 10.1 Å². The number of rotatable bonds is 8. The van der Waals surface area contributed by atoms with Crippen molar-refractivity contribution in [2.45, 2.75) is 19.8 Å². The highest BCUT2D eigenvalue weighted by atomic mass is 19.1. The van der Waals surface area contributed by atoms with Gasteiger partial charge in [-0.2, -0.15) is 4.58 Å². The lowest BCUT2D eigenvalue weighted by atomic mass is 9.96. The minimum atomic E-state index is -0.467. The van der Waals surface area contributed by atoms with Gasteiger partial charge in [-0.25, -0.2) is 9.18 Å². The Labute approximate surface area is 188 Å². The molecule has 6 nitrogen and oxygen atoms in total. The van der Waals surface area contributed by atoms with Gasteiger partial charge >= 0.3 is 5.91 Å². The first-order valence-corrected chi connectivity index (χ1v) is 10.7. The monoisotopic (exact) mass is 437 g/mol. The molecule has 0 saturated carbocycles. The van der Waals surface area contributed by atoms with Crippen molar-refractivity contribution in [2.24, 2.45) is 5.73 Å². The predicted octanol–water partition coefficient (Wildman–Crippen LogP) is 2.93. The molecule has 32 heavy (non-hydrogen) atoms. The van der Waals surface area contributed by atoms with Crippen LogP contribution in [-0.4, -0.2) is 59.7 Å². The molecule has 0 bridgehead atoms. The number of nitrogens with two attached hydrogens (primary N) is 1. The fourth-order valence-corrected chi connectivity index (χ4v) is 3.94. The van der Waals surface area contributed by atoms with Gasteiger partial charge in [-0.1, -0.05) is 18.7 Å². The van der Waals surface area contributed by atoms with Gasteiger partial charge in [-0.3, -0.25) is 9.69 Å². The number of carbonyl (C=O) groups is 2. The number of carbonyl (C=O) groups excluding carboxylic acids is 2. The summed E-state index contributed by atoms with van der Waals surface area (Å²) in [4.78, 5) is 25.6. The average Bonchev–Trinajstić information content (AvgIpc) is 2.78. The zero-order valence-corrected chi connectivity index (χ0v) is 18.6. The molecule has 2 aromatic carbocycles. The molecule has 0 saturated heterocycles. The van der Waals surface area contributed by atoms with Crippen LogP contribution in [0.25, 0.3) is 0 Å². The molecule has 0 aromatic heterocycles. The van der Waals surface area contributed by atoms with Crippen molar-refractivity contribution in [1.82, 2.24) is 4.90 Å². The summed E-state index contributed by atoms with van der Waals surface area (Å²) < 4.78 is 16.1. The maximum Gasteiger partial charge on any atom is 0.411 e. The van der Waals surface area contributed by atoms with E-state index in [9.17, 15) is 14.0 Å². The number of anilines is 1. The Hall–Kier alpha value is -3.32. The van der Waals surface area contributed by atoms with Crippen LogP contribution in [0.15, 0.2) is 55.1 Å². The largest absolute Gasteiger partial charge is 0.411 e. The van der Waals surface area contributed by atoms with Gasteiger partial charge < -0.3 is 11.1 Å². The van der Waals surface area contributed by atoms with Crippen LogP contribution in [0.3, 0.4) is 0 Å². The summed E-state index contributed by atoms with van der Waals surface area (Å²) in [6.45, 7) is 10.6. The van der Waals surface area contributed by atoms with E-state index < -0.39 is 5.91 Å². The van der Waals surface area contributed by atoms with Crippen molar-refractivity contribution >= 4 is 23.2 Å². The second-order valence-electron chi connectivity index (χ2n) is 8.19. The minimum Gasteiger partial charge on any atom is -0.384 e. The first-order valence-electron chi connectivity index (χ1n) is 10.7. The molecule has 1 aliphatic rings. The van der Waals surface area contributed by atoms with Crippen LogP contribution < -0.4 is 11.1 Å². The van der Waals surface area contributed by atoms with Crippen LogP contribution in [-0.2, 0) is 4.79 Å². The summed E-state index contributed by atoms with van der Waals surface area (Å²) >= 11 is 0. The van der Waals surface area contributed by atoms with Gasteiger partial charge in [0.2, 0.25) is 5.91 Å². The molecule has 3 N–H and O–H groups in total. The van der Waals surface area contributed by atoms with Crippen molar-refractivity contribution in [2.75, 3.05) is 38.0 Å². The molecule has 1 aliphatic heterocycles. The molecule has 0 aliphatic carbocycles. The molecule has 2 amide bonds. The molecule has 7 heteroatoms. The Bertz CT molecular complexity index is 1050. The van der Waals surface area contributed by atoms with Gasteiger partial charge in [-0.05, 0) is 48.4 Å². The van der Waals surface area contributed by atoms with E-state index in [1.165, 1.54) is 6.08 Å². The minimum absolute atomic E-state index is 0.0235. The van der Waals surface area contributed by atoms with Crippen molar-refractivity contribution in [3.05, 3.63) is 77.6 Å². The summed E-state index contributed by atoms with van der Waals surface area (Å²) in [6.07, 6.45) is 1.34. The molecule has 0 radical (unpaired) electrons. The highest BCUT2D eigenvalue weighted by Gasteiger charge is 2.28. The summed E-state index contributed by atoms with van der Waals surface area (Å²) in [5, 5.41) is 3.39. The number of nitrogens with zero attached hydrogens (tertiary/aromatic N) is 2. The summed E-state index contributed by atoms with van der Waals surface area (Å²) in [5.74, 6) is -0.747. The lowest BCUT2D eigenvalue weighted by Crippen LogP contribution is -2.47. The molecule has 3 rings (SSSR count). The molecular formula is C25H30FN4O2+. The third-order valence-electron chi connectivity index (χ3n) is 5.86. The van der Waals surface area contributed by atoms with Gasteiger partial charge in [0.25, 0.3) is 0 Å². The fourth-order valence-electron chi connectivity index (χ4n) is 3.94. The van der Waals surface area contributed by atoms with Crippen LogP contribution in [0.5, 0.6) is 0 Å². The molecule has 0 spiro atoms. The van der Waals surface area contributed by atoms with Crippen LogP contribution in [0, 0.1) is 12.7 Å². The van der Waals surface area contributed by atoms with Crippen molar-refractivity contribution in [1.29, 1.82) is 0 Å². The number of benzene rings is 2. The number of primary amides is 1. The average molecular weight is 438 g/mol. The predicted molar refractivity (Wildman–Crippen MR) is 125 cm³/mol. The van der Waals surface area contributed by atoms with E-state index in [1.54, 1.807) is 35.8 Å². The van der Waals surface area contributed by atoms with Crippen molar-refractivity contribution < 1.29 is 18.6 Å². The number of nitrogens with one attached hydrogen (secondary N) is 1. The smallest absolute Gasteiger partial charge is 0.384 e. The molecule has 0 unspecified atom stereocenters. The maximum absolute atomic E-state index is 14.3. The Morgan fingerprint density at radius 3 is 2.56 bits per heavy atom. The van der Waals surface area contributed by atoms with E-state index >= 15 is 0 Å². The number of hydrogen-bond donors (Lipinski definition) is 2. The van der Waals surface area contributed by atoms with E-state index in [4.69, 9.17) is 5.73 Å². The lowest BCUT2D eigenvalue weighted by molar-refractivity contribution is -0.451. The SMILES string of the molecule is C=CC(=O)[N+]1=C(C)CN(C[C@H](CNc2ccc(C(N)=O)cc2)c2ccc(C)c(F)c2)CC1. The first kappa shape index (κ1) is 23.3. The van der Waals surface area contributed by atoms with E-state index in [2.05, 4.69) is 16.8 Å². The highest BCUT2D eigenvalue weighted by Crippen LogP contribution is 2.22. The summed E-state index contributed by atoms with van der Waals surface area (Å²) in [5.41, 5.74) is 9.12. The lowest BCUT2D eigenvalue weighted by Gasteiger charge is -2.29. The Morgan fingerprint density at radius 2 is 1.97 bits per heavy atom. The van der Waals surface area contributed by atoms with Gasteiger partial charge in [-0.15, -0.1) is 0 Å². The third kappa shape index (κ3) is 5.68. The van der Waals surface area contributed by atoms with Crippen LogP contribution >= 0.6 is 0 Å². The number of amides is 2.